The Bertz CT molecular complexity index is 593. The van der Waals surface area contributed by atoms with E-state index in [2.05, 4.69) is 20.2 Å². The van der Waals surface area contributed by atoms with Gasteiger partial charge in [0.05, 0.1) is 0 Å². The summed E-state index contributed by atoms with van der Waals surface area (Å²) in [6.07, 6.45) is 3.81. The standard InChI is InChI=1S/C14H16FN5/c15-10-3-5-11(6-4-10)19-13-12(16)14(18-9-17-13)20-7-1-2-8-20/h3-6,9H,1-2,7-8,16H2,(H,17,18,19). The maximum Gasteiger partial charge on any atom is 0.159 e. The van der Waals surface area contributed by atoms with Crippen molar-refractivity contribution in [2.45, 2.75) is 12.8 Å². The van der Waals surface area contributed by atoms with Gasteiger partial charge in [0.1, 0.15) is 17.8 Å². The average molecular weight is 273 g/mol. The normalized spacial score (nSPS) is 14.6. The fraction of sp³-hybridized carbons (Fsp3) is 0.286. The summed E-state index contributed by atoms with van der Waals surface area (Å²) < 4.78 is 12.9. The summed E-state index contributed by atoms with van der Waals surface area (Å²) in [5.74, 6) is 1.04. The molecule has 2 aromatic rings. The number of hydrogen-bond acceptors (Lipinski definition) is 5. The lowest BCUT2D eigenvalue weighted by atomic mass is 10.3. The Kier molecular flexibility index (Phi) is 3.37. The molecule has 0 spiro atoms. The zero-order valence-electron chi connectivity index (χ0n) is 11.0. The van der Waals surface area contributed by atoms with Crippen LogP contribution in [0.15, 0.2) is 30.6 Å². The Labute approximate surface area is 116 Å². The Morgan fingerprint density at radius 3 is 2.50 bits per heavy atom. The zero-order valence-corrected chi connectivity index (χ0v) is 11.0. The summed E-state index contributed by atoms with van der Waals surface area (Å²) in [7, 11) is 0. The predicted octanol–water partition coefficient (Wildman–Crippen LogP) is 2.54. The Balaban J connectivity index is 1.86. The fourth-order valence-electron chi connectivity index (χ4n) is 2.34. The first-order valence-corrected chi connectivity index (χ1v) is 6.62. The molecule has 1 fully saturated rings. The van der Waals surface area contributed by atoms with E-state index in [1.54, 1.807) is 12.1 Å². The molecule has 0 radical (unpaired) electrons. The first-order chi connectivity index (χ1) is 9.74. The molecule has 6 heteroatoms. The van der Waals surface area contributed by atoms with Crippen LogP contribution in [-0.4, -0.2) is 23.1 Å². The molecule has 3 N–H and O–H groups in total. The number of aromatic nitrogens is 2. The van der Waals surface area contributed by atoms with Gasteiger partial charge in [0, 0.05) is 18.8 Å². The third-order valence-electron chi connectivity index (χ3n) is 3.38. The summed E-state index contributed by atoms with van der Waals surface area (Å²) >= 11 is 0. The number of nitrogens with two attached hydrogens (primary N) is 1. The molecule has 1 aliphatic rings. The van der Waals surface area contributed by atoms with Crippen molar-refractivity contribution in [2.75, 3.05) is 29.0 Å². The number of benzene rings is 1. The van der Waals surface area contributed by atoms with Crippen molar-refractivity contribution in [3.05, 3.63) is 36.4 Å². The van der Waals surface area contributed by atoms with Crippen molar-refractivity contribution >= 4 is 23.0 Å². The summed E-state index contributed by atoms with van der Waals surface area (Å²) in [5.41, 5.74) is 7.40. The van der Waals surface area contributed by atoms with Crippen LogP contribution in [-0.2, 0) is 0 Å². The van der Waals surface area contributed by atoms with Crippen molar-refractivity contribution in [3.8, 4) is 0 Å². The van der Waals surface area contributed by atoms with Gasteiger partial charge in [0.2, 0.25) is 0 Å². The fourth-order valence-corrected chi connectivity index (χ4v) is 2.34. The van der Waals surface area contributed by atoms with E-state index >= 15 is 0 Å². The minimum atomic E-state index is -0.274. The molecule has 0 bridgehead atoms. The van der Waals surface area contributed by atoms with Gasteiger partial charge in [-0.15, -0.1) is 0 Å². The number of nitrogens with one attached hydrogen (secondary N) is 1. The second-order valence-electron chi connectivity index (χ2n) is 4.79. The van der Waals surface area contributed by atoms with Gasteiger partial charge in [0.25, 0.3) is 0 Å². The van der Waals surface area contributed by atoms with Crippen LogP contribution in [0.4, 0.5) is 27.4 Å². The molecule has 2 heterocycles. The highest BCUT2D eigenvalue weighted by molar-refractivity contribution is 5.78. The highest BCUT2D eigenvalue weighted by Crippen LogP contribution is 2.30. The molecule has 1 aromatic heterocycles. The number of rotatable bonds is 3. The van der Waals surface area contributed by atoms with Crippen molar-refractivity contribution < 1.29 is 4.39 Å². The third-order valence-corrected chi connectivity index (χ3v) is 3.38. The van der Waals surface area contributed by atoms with Gasteiger partial charge in [-0.2, -0.15) is 0 Å². The van der Waals surface area contributed by atoms with E-state index in [1.165, 1.54) is 18.5 Å². The molecule has 5 nitrogen and oxygen atoms in total. The smallest absolute Gasteiger partial charge is 0.159 e. The molecule has 20 heavy (non-hydrogen) atoms. The lowest BCUT2D eigenvalue weighted by Crippen LogP contribution is -2.21. The second kappa shape index (κ2) is 5.32. The molecular formula is C14H16FN5. The number of anilines is 4. The lowest BCUT2D eigenvalue weighted by Gasteiger charge is -2.19. The van der Waals surface area contributed by atoms with Gasteiger partial charge in [0.15, 0.2) is 11.6 Å². The van der Waals surface area contributed by atoms with Crippen LogP contribution in [0.3, 0.4) is 0 Å². The molecule has 0 atom stereocenters. The van der Waals surface area contributed by atoms with E-state index in [4.69, 9.17) is 5.73 Å². The van der Waals surface area contributed by atoms with Gasteiger partial charge >= 0.3 is 0 Å². The van der Waals surface area contributed by atoms with E-state index in [-0.39, 0.29) is 5.82 Å². The van der Waals surface area contributed by atoms with Gasteiger partial charge < -0.3 is 16.0 Å². The van der Waals surface area contributed by atoms with Crippen molar-refractivity contribution in [1.82, 2.24) is 9.97 Å². The maximum absolute atomic E-state index is 12.9. The molecule has 1 aliphatic heterocycles. The average Bonchev–Trinajstić information content (AvgIpc) is 2.97. The predicted molar refractivity (Wildman–Crippen MR) is 77.6 cm³/mol. The molecule has 0 amide bonds. The van der Waals surface area contributed by atoms with Gasteiger partial charge in [-0.3, -0.25) is 0 Å². The van der Waals surface area contributed by atoms with Crippen LogP contribution < -0.4 is 16.0 Å². The van der Waals surface area contributed by atoms with Crippen molar-refractivity contribution in [2.24, 2.45) is 0 Å². The Morgan fingerprint density at radius 1 is 1.10 bits per heavy atom. The largest absolute Gasteiger partial charge is 0.393 e. The van der Waals surface area contributed by atoms with Gasteiger partial charge in [-0.25, -0.2) is 14.4 Å². The molecule has 0 saturated carbocycles. The van der Waals surface area contributed by atoms with E-state index in [0.717, 1.165) is 37.4 Å². The minimum Gasteiger partial charge on any atom is -0.393 e. The van der Waals surface area contributed by atoms with Crippen LogP contribution in [0, 0.1) is 5.82 Å². The molecule has 0 unspecified atom stereocenters. The quantitative estimate of drug-likeness (QED) is 0.899. The zero-order chi connectivity index (χ0) is 13.9. The van der Waals surface area contributed by atoms with Crippen LogP contribution in [0.25, 0.3) is 0 Å². The Hall–Kier alpha value is -2.37. The highest BCUT2D eigenvalue weighted by Gasteiger charge is 2.18. The summed E-state index contributed by atoms with van der Waals surface area (Å²) in [6, 6.07) is 6.07. The molecule has 104 valence electrons. The van der Waals surface area contributed by atoms with E-state index < -0.39 is 0 Å². The molecule has 0 aliphatic carbocycles. The highest BCUT2D eigenvalue weighted by atomic mass is 19.1. The van der Waals surface area contributed by atoms with Gasteiger partial charge in [-0.05, 0) is 37.1 Å². The SMILES string of the molecule is Nc1c(Nc2ccc(F)cc2)ncnc1N1CCCC1. The van der Waals surface area contributed by atoms with E-state index in [1.807, 2.05) is 0 Å². The number of nitrogen functional groups attached to an aromatic ring is 1. The number of hydrogen-bond donors (Lipinski definition) is 2. The Morgan fingerprint density at radius 2 is 1.80 bits per heavy atom. The van der Waals surface area contributed by atoms with Crippen LogP contribution in [0.1, 0.15) is 12.8 Å². The molecular weight excluding hydrogens is 257 g/mol. The van der Waals surface area contributed by atoms with Crippen LogP contribution >= 0.6 is 0 Å². The maximum atomic E-state index is 12.9. The van der Waals surface area contributed by atoms with Crippen LogP contribution in [0.2, 0.25) is 0 Å². The monoisotopic (exact) mass is 273 g/mol. The molecule has 1 aromatic carbocycles. The third kappa shape index (κ3) is 2.49. The first kappa shape index (κ1) is 12.7. The topological polar surface area (TPSA) is 67.1 Å². The van der Waals surface area contributed by atoms with Crippen LogP contribution in [0.5, 0.6) is 0 Å². The number of nitrogens with zero attached hydrogens (tertiary/aromatic N) is 3. The van der Waals surface area contributed by atoms with E-state index in [0.29, 0.717) is 11.5 Å². The summed E-state index contributed by atoms with van der Waals surface area (Å²) in [5, 5.41) is 3.09. The second-order valence-corrected chi connectivity index (χ2v) is 4.79. The van der Waals surface area contributed by atoms with Crippen molar-refractivity contribution in [3.63, 3.8) is 0 Å². The van der Waals surface area contributed by atoms with E-state index in [9.17, 15) is 4.39 Å². The van der Waals surface area contributed by atoms with Gasteiger partial charge in [-0.1, -0.05) is 0 Å². The molecule has 3 rings (SSSR count). The summed E-state index contributed by atoms with van der Waals surface area (Å²) in [4.78, 5) is 10.6. The minimum absolute atomic E-state index is 0.274. The number of halogens is 1. The molecule has 1 saturated heterocycles. The lowest BCUT2D eigenvalue weighted by molar-refractivity contribution is 0.628. The summed E-state index contributed by atoms with van der Waals surface area (Å²) in [6.45, 7) is 1.94. The van der Waals surface area contributed by atoms with Crippen molar-refractivity contribution in [1.29, 1.82) is 0 Å². The first-order valence-electron chi connectivity index (χ1n) is 6.62.